The lowest BCUT2D eigenvalue weighted by atomic mass is 10.1. The van der Waals surface area contributed by atoms with Gasteiger partial charge in [-0.1, -0.05) is 19.8 Å². The monoisotopic (exact) mass is 414 g/mol. The lowest BCUT2D eigenvalue weighted by molar-refractivity contribution is 0.0890. The second-order valence-corrected chi connectivity index (χ2v) is 8.23. The second-order valence-electron chi connectivity index (χ2n) is 8.23. The van der Waals surface area contributed by atoms with Gasteiger partial charge in [-0.15, -0.1) is 5.10 Å². The summed E-state index contributed by atoms with van der Waals surface area (Å²) in [6, 6.07) is 8.62. The number of rotatable bonds is 9. The molecule has 2 saturated heterocycles. The molecule has 0 spiro atoms. The first-order valence-electron chi connectivity index (χ1n) is 11.3. The molecule has 3 heterocycles. The maximum Gasteiger partial charge on any atom is 0.168 e. The first-order valence-corrected chi connectivity index (χ1v) is 11.3. The van der Waals surface area contributed by atoms with Crippen molar-refractivity contribution in [1.82, 2.24) is 25.1 Å². The number of methoxy groups -OCH3 is 1. The Morgan fingerprint density at radius 1 is 1.17 bits per heavy atom. The predicted octanol–water partition coefficient (Wildman–Crippen LogP) is 2.91. The Hall–Kier alpha value is -2.19. The number of aromatic nitrogens is 4. The van der Waals surface area contributed by atoms with Crippen LogP contribution in [0.1, 0.15) is 50.9 Å². The molecule has 4 rings (SSSR count). The largest absolute Gasteiger partial charge is 0.497 e. The van der Waals surface area contributed by atoms with Crippen molar-refractivity contribution in [2.45, 2.75) is 57.7 Å². The van der Waals surface area contributed by atoms with Gasteiger partial charge in [0.2, 0.25) is 0 Å². The summed E-state index contributed by atoms with van der Waals surface area (Å²) < 4.78 is 13.1. The van der Waals surface area contributed by atoms with Gasteiger partial charge < -0.3 is 14.4 Å². The third-order valence-corrected chi connectivity index (χ3v) is 6.28. The molecule has 8 heteroatoms. The summed E-state index contributed by atoms with van der Waals surface area (Å²) in [4.78, 5) is 5.01. The van der Waals surface area contributed by atoms with Gasteiger partial charge >= 0.3 is 0 Å². The standard InChI is InChI=1S/C22H34N6O2/c1-3-4-7-21(22-23-24-25-28(22)17-20-6-5-16-30-20)27-14-12-26(13-15-27)18-8-10-19(29-2)11-9-18/h8-11,20-21H,3-7,12-17H2,1-2H3/t20-,21-/m0/s1. The number of tetrazole rings is 1. The summed E-state index contributed by atoms with van der Waals surface area (Å²) >= 11 is 0. The molecule has 2 aliphatic rings. The van der Waals surface area contributed by atoms with Gasteiger partial charge in [0, 0.05) is 38.5 Å². The highest BCUT2D eigenvalue weighted by Crippen LogP contribution is 2.28. The average molecular weight is 415 g/mol. The number of piperazine rings is 1. The highest BCUT2D eigenvalue weighted by Gasteiger charge is 2.30. The topological polar surface area (TPSA) is 68.5 Å². The number of anilines is 1. The van der Waals surface area contributed by atoms with E-state index in [1.165, 1.54) is 18.5 Å². The van der Waals surface area contributed by atoms with Crippen LogP contribution in [0.25, 0.3) is 0 Å². The van der Waals surface area contributed by atoms with E-state index in [-0.39, 0.29) is 12.1 Å². The normalized spacial score (nSPS) is 21.1. The van der Waals surface area contributed by atoms with E-state index < -0.39 is 0 Å². The molecule has 0 aliphatic carbocycles. The van der Waals surface area contributed by atoms with Crippen LogP contribution in [0.15, 0.2) is 24.3 Å². The van der Waals surface area contributed by atoms with Crippen LogP contribution in [0.5, 0.6) is 5.75 Å². The SMILES string of the molecule is CCCC[C@@H](c1nnnn1C[C@@H]1CCCO1)N1CCN(c2ccc(OC)cc2)CC1. The van der Waals surface area contributed by atoms with Crippen molar-refractivity contribution in [1.29, 1.82) is 0 Å². The van der Waals surface area contributed by atoms with Crippen LogP contribution < -0.4 is 9.64 Å². The molecule has 2 atom stereocenters. The van der Waals surface area contributed by atoms with Gasteiger partial charge in [-0.05, 0) is 54.0 Å². The quantitative estimate of drug-likeness (QED) is 0.625. The summed E-state index contributed by atoms with van der Waals surface area (Å²) in [6.45, 7) is 7.88. The summed E-state index contributed by atoms with van der Waals surface area (Å²) in [5, 5.41) is 12.8. The van der Waals surface area contributed by atoms with E-state index in [2.05, 4.69) is 44.4 Å². The molecule has 0 N–H and O–H groups in total. The molecule has 0 bridgehead atoms. The zero-order valence-corrected chi connectivity index (χ0v) is 18.2. The minimum atomic E-state index is 0.242. The van der Waals surface area contributed by atoms with Gasteiger partial charge in [-0.2, -0.15) is 0 Å². The zero-order valence-electron chi connectivity index (χ0n) is 18.2. The minimum Gasteiger partial charge on any atom is -0.497 e. The highest BCUT2D eigenvalue weighted by atomic mass is 16.5. The molecule has 0 amide bonds. The lowest BCUT2D eigenvalue weighted by Gasteiger charge is -2.40. The number of ether oxygens (including phenoxy) is 2. The molecule has 2 fully saturated rings. The maximum absolute atomic E-state index is 5.82. The van der Waals surface area contributed by atoms with Gasteiger partial charge in [0.1, 0.15) is 5.75 Å². The van der Waals surface area contributed by atoms with E-state index in [0.29, 0.717) is 0 Å². The number of hydrogen-bond donors (Lipinski definition) is 0. The Morgan fingerprint density at radius 2 is 1.97 bits per heavy atom. The minimum absolute atomic E-state index is 0.242. The van der Waals surface area contributed by atoms with Crippen molar-refractivity contribution in [3.8, 4) is 5.75 Å². The highest BCUT2D eigenvalue weighted by molar-refractivity contribution is 5.49. The Morgan fingerprint density at radius 3 is 2.63 bits per heavy atom. The Balaban J connectivity index is 1.42. The van der Waals surface area contributed by atoms with E-state index in [0.717, 1.165) is 70.2 Å². The molecule has 0 radical (unpaired) electrons. The fourth-order valence-corrected chi connectivity index (χ4v) is 4.52. The summed E-state index contributed by atoms with van der Waals surface area (Å²) in [5.74, 6) is 1.90. The zero-order chi connectivity index (χ0) is 20.8. The van der Waals surface area contributed by atoms with Crippen molar-refractivity contribution in [2.75, 3.05) is 44.8 Å². The Bertz CT molecular complexity index is 766. The molecule has 2 aromatic rings. The Labute approximate surface area is 179 Å². The molecule has 0 saturated carbocycles. The average Bonchev–Trinajstić information content (AvgIpc) is 3.47. The fraction of sp³-hybridized carbons (Fsp3) is 0.682. The van der Waals surface area contributed by atoms with Crippen LogP contribution in [-0.4, -0.2) is 71.1 Å². The van der Waals surface area contributed by atoms with Gasteiger partial charge in [0.05, 0.1) is 25.8 Å². The number of unbranched alkanes of at least 4 members (excludes halogenated alkanes) is 1. The van der Waals surface area contributed by atoms with Crippen LogP contribution in [0, 0.1) is 0 Å². The van der Waals surface area contributed by atoms with Gasteiger partial charge in [-0.3, -0.25) is 4.90 Å². The van der Waals surface area contributed by atoms with Crippen molar-refractivity contribution in [3.63, 3.8) is 0 Å². The van der Waals surface area contributed by atoms with Crippen molar-refractivity contribution < 1.29 is 9.47 Å². The van der Waals surface area contributed by atoms with Gasteiger partial charge in [-0.25, -0.2) is 4.68 Å². The fourth-order valence-electron chi connectivity index (χ4n) is 4.52. The molecule has 1 aromatic heterocycles. The predicted molar refractivity (Wildman–Crippen MR) is 116 cm³/mol. The van der Waals surface area contributed by atoms with E-state index >= 15 is 0 Å². The molecule has 164 valence electrons. The van der Waals surface area contributed by atoms with Crippen molar-refractivity contribution >= 4 is 5.69 Å². The van der Waals surface area contributed by atoms with Crippen molar-refractivity contribution in [2.24, 2.45) is 0 Å². The molecule has 8 nitrogen and oxygen atoms in total. The van der Waals surface area contributed by atoms with E-state index in [1.807, 2.05) is 16.8 Å². The molecule has 2 aliphatic heterocycles. The number of nitrogens with zero attached hydrogens (tertiary/aromatic N) is 6. The second kappa shape index (κ2) is 10.2. The van der Waals surface area contributed by atoms with Crippen LogP contribution >= 0.6 is 0 Å². The molecule has 30 heavy (non-hydrogen) atoms. The Kier molecular flexibility index (Phi) is 7.17. The van der Waals surface area contributed by atoms with Crippen LogP contribution in [0.4, 0.5) is 5.69 Å². The molecular formula is C22H34N6O2. The third kappa shape index (κ3) is 4.92. The lowest BCUT2D eigenvalue weighted by Crippen LogP contribution is -2.48. The van der Waals surface area contributed by atoms with Gasteiger partial charge in [0.25, 0.3) is 0 Å². The molecule has 1 aromatic carbocycles. The molecule has 0 unspecified atom stereocenters. The summed E-state index contributed by atoms with van der Waals surface area (Å²) in [5.41, 5.74) is 1.25. The van der Waals surface area contributed by atoms with E-state index in [1.54, 1.807) is 7.11 Å². The first-order chi connectivity index (χ1) is 14.8. The van der Waals surface area contributed by atoms with Crippen LogP contribution in [0.2, 0.25) is 0 Å². The first kappa shape index (κ1) is 21.1. The number of benzene rings is 1. The van der Waals surface area contributed by atoms with E-state index in [9.17, 15) is 0 Å². The maximum atomic E-state index is 5.82. The number of hydrogen-bond acceptors (Lipinski definition) is 7. The van der Waals surface area contributed by atoms with Crippen molar-refractivity contribution in [3.05, 3.63) is 30.1 Å². The van der Waals surface area contributed by atoms with E-state index in [4.69, 9.17) is 9.47 Å². The summed E-state index contributed by atoms with van der Waals surface area (Å²) in [7, 11) is 1.71. The molecular weight excluding hydrogens is 380 g/mol. The summed E-state index contributed by atoms with van der Waals surface area (Å²) in [6.07, 6.45) is 5.91. The van der Waals surface area contributed by atoms with Crippen LogP contribution in [0.3, 0.4) is 0 Å². The third-order valence-electron chi connectivity index (χ3n) is 6.28. The van der Waals surface area contributed by atoms with Crippen LogP contribution in [-0.2, 0) is 11.3 Å². The van der Waals surface area contributed by atoms with Gasteiger partial charge in [0.15, 0.2) is 5.82 Å². The smallest absolute Gasteiger partial charge is 0.168 e.